The summed E-state index contributed by atoms with van der Waals surface area (Å²) >= 11 is 0. The first-order chi connectivity index (χ1) is 17.0. The highest BCUT2D eigenvalue weighted by molar-refractivity contribution is 5.84. The van der Waals surface area contributed by atoms with E-state index in [9.17, 15) is 9.59 Å². The van der Waals surface area contributed by atoms with Gasteiger partial charge >= 0.3 is 0 Å². The quantitative estimate of drug-likeness (QED) is 0.656. The van der Waals surface area contributed by atoms with Gasteiger partial charge in [0.05, 0.1) is 5.41 Å². The molecule has 4 bridgehead atoms. The van der Waals surface area contributed by atoms with E-state index in [1.807, 2.05) is 0 Å². The predicted molar refractivity (Wildman–Crippen MR) is 135 cm³/mol. The smallest absolute Gasteiger partial charge is 0.228 e. The standard InChI is InChI=1S/C30H41N3O2/c34-27(32-12-10-31(11-13-32)21-22-4-2-1-3-5-22)26-20-29(26)6-8-33(9-7-29)28(35)30-17-23-14-24(18-30)16-25(15-23)19-30/h1-5,23-26H,6-21H2/t23?,24?,25?,26-,30?/m0/s1. The van der Waals surface area contributed by atoms with Crippen molar-refractivity contribution in [1.29, 1.82) is 0 Å². The molecule has 2 amide bonds. The molecule has 0 unspecified atom stereocenters. The molecular formula is C30H41N3O2. The maximum atomic E-state index is 13.8. The zero-order chi connectivity index (χ0) is 23.6. The summed E-state index contributed by atoms with van der Waals surface area (Å²) in [7, 11) is 0. The number of nitrogens with zero attached hydrogens (tertiary/aromatic N) is 3. The minimum absolute atomic E-state index is 0.0164. The second-order valence-electron chi connectivity index (χ2n) is 13.2. The van der Waals surface area contributed by atoms with Gasteiger partial charge in [0, 0.05) is 51.7 Å². The van der Waals surface area contributed by atoms with Crippen molar-refractivity contribution in [3.05, 3.63) is 35.9 Å². The summed E-state index contributed by atoms with van der Waals surface area (Å²) in [6.07, 6.45) is 10.8. The van der Waals surface area contributed by atoms with Crippen molar-refractivity contribution in [3.63, 3.8) is 0 Å². The first kappa shape index (κ1) is 22.3. The molecule has 8 rings (SSSR count). The Labute approximate surface area is 210 Å². The van der Waals surface area contributed by atoms with Crippen LogP contribution in [0.5, 0.6) is 0 Å². The zero-order valence-corrected chi connectivity index (χ0v) is 21.2. The maximum Gasteiger partial charge on any atom is 0.228 e. The van der Waals surface area contributed by atoms with Gasteiger partial charge in [-0.05, 0) is 86.5 Å². The first-order valence-electron chi connectivity index (χ1n) is 14.4. The average molecular weight is 476 g/mol. The van der Waals surface area contributed by atoms with Gasteiger partial charge in [0.25, 0.3) is 0 Å². The molecule has 0 N–H and O–H groups in total. The Bertz CT molecular complexity index is 939. The third kappa shape index (κ3) is 3.93. The summed E-state index contributed by atoms with van der Waals surface area (Å²) in [6.45, 7) is 6.39. The monoisotopic (exact) mass is 475 g/mol. The largest absolute Gasteiger partial charge is 0.342 e. The number of piperidine rings is 1. The number of amides is 2. The molecular weight excluding hydrogens is 434 g/mol. The van der Waals surface area contributed by atoms with E-state index in [1.165, 1.54) is 24.8 Å². The van der Waals surface area contributed by atoms with E-state index in [4.69, 9.17) is 0 Å². The molecule has 5 nitrogen and oxygen atoms in total. The fourth-order valence-electron chi connectivity index (χ4n) is 9.30. The number of carbonyl (C=O) groups excluding carboxylic acids is 2. The van der Waals surface area contributed by atoms with Gasteiger partial charge in [-0.15, -0.1) is 0 Å². The van der Waals surface area contributed by atoms with Gasteiger partial charge in [-0.1, -0.05) is 30.3 Å². The van der Waals surface area contributed by atoms with Crippen LogP contribution in [0.4, 0.5) is 0 Å². The summed E-state index contributed by atoms with van der Waals surface area (Å²) in [6, 6.07) is 10.6. The minimum atomic E-state index is -0.0164. The molecule has 2 saturated heterocycles. The van der Waals surface area contributed by atoms with Crippen molar-refractivity contribution in [2.45, 2.75) is 64.3 Å². The third-order valence-corrected chi connectivity index (χ3v) is 11.0. The number of rotatable bonds is 4. The van der Waals surface area contributed by atoms with Crippen LogP contribution in [0.1, 0.15) is 63.4 Å². The molecule has 2 heterocycles. The van der Waals surface area contributed by atoms with Crippen LogP contribution in [0, 0.1) is 34.5 Å². The molecule has 1 aromatic rings. The van der Waals surface area contributed by atoms with Crippen LogP contribution < -0.4 is 0 Å². The van der Waals surface area contributed by atoms with Crippen LogP contribution in [0.2, 0.25) is 0 Å². The number of likely N-dealkylation sites (tertiary alicyclic amines) is 1. The van der Waals surface area contributed by atoms with Crippen molar-refractivity contribution < 1.29 is 9.59 Å². The highest BCUT2D eigenvalue weighted by Crippen LogP contribution is 2.63. The highest BCUT2D eigenvalue weighted by Gasteiger charge is 2.61. The number of benzene rings is 1. The Hall–Kier alpha value is -1.88. The van der Waals surface area contributed by atoms with E-state index in [1.54, 1.807) is 0 Å². The van der Waals surface area contributed by atoms with Crippen molar-refractivity contribution in [1.82, 2.24) is 14.7 Å². The molecule has 0 radical (unpaired) electrons. The predicted octanol–water partition coefficient (Wildman–Crippen LogP) is 4.18. The molecule has 35 heavy (non-hydrogen) atoms. The Kier molecular flexibility index (Phi) is 5.31. The van der Waals surface area contributed by atoms with Gasteiger partial charge in [0.2, 0.25) is 11.8 Å². The molecule has 2 aliphatic heterocycles. The summed E-state index contributed by atoms with van der Waals surface area (Å²) in [5.74, 6) is 3.55. The SMILES string of the molecule is O=C([C@@H]1CC12CCN(C(=O)C13CC4CC(CC(C4)C1)C3)CC2)N1CCN(Cc2ccccc2)CC1. The molecule has 1 spiro atoms. The molecule has 188 valence electrons. The number of carbonyl (C=O) groups is 2. The number of hydrogen-bond donors (Lipinski definition) is 0. The molecule has 7 fully saturated rings. The molecule has 7 aliphatic rings. The van der Waals surface area contributed by atoms with Gasteiger partial charge in [0.1, 0.15) is 0 Å². The van der Waals surface area contributed by atoms with Gasteiger partial charge in [-0.3, -0.25) is 14.5 Å². The second kappa shape index (κ2) is 8.33. The molecule has 1 aromatic carbocycles. The third-order valence-electron chi connectivity index (χ3n) is 11.0. The topological polar surface area (TPSA) is 43.9 Å². The van der Waals surface area contributed by atoms with Crippen LogP contribution >= 0.6 is 0 Å². The van der Waals surface area contributed by atoms with Crippen LogP contribution in [0.25, 0.3) is 0 Å². The molecule has 1 atom stereocenters. The Morgan fingerprint density at radius 3 is 1.94 bits per heavy atom. The Morgan fingerprint density at radius 1 is 0.743 bits per heavy atom. The fraction of sp³-hybridized carbons (Fsp3) is 0.733. The second-order valence-corrected chi connectivity index (χ2v) is 13.2. The lowest BCUT2D eigenvalue weighted by atomic mass is 9.49. The lowest BCUT2D eigenvalue weighted by Gasteiger charge is -2.57. The lowest BCUT2D eigenvalue weighted by molar-refractivity contribution is -0.159. The molecule has 5 saturated carbocycles. The van der Waals surface area contributed by atoms with Crippen LogP contribution in [0.3, 0.4) is 0 Å². The maximum absolute atomic E-state index is 13.8. The summed E-state index contributed by atoms with van der Waals surface area (Å²) in [4.78, 5) is 33.9. The van der Waals surface area contributed by atoms with Crippen molar-refractivity contribution in [2.75, 3.05) is 39.3 Å². The zero-order valence-electron chi connectivity index (χ0n) is 21.2. The van der Waals surface area contributed by atoms with Crippen LogP contribution in [-0.4, -0.2) is 65.8 Å². The fourth-order valence-corrected chi connectivity index (χ4v) is 9.30. The van der Waals surface area contributed by atoms with E-state index in [-0.39, 0.29) is 16.7 Å². The number of piperazine rings is 1. The lowest BCUT2D eigenvalue weighted by Crippen LogP contribution is -2.56. The average Bonchev–Trinajstić information content (AvgIpc) is 3.57. The summed E-state index contributed by atoms with van der Waals surface area (Å²) in [5.41, 5.74) is 1.52. The van der Waals surface area contributed by atoms with E-state index in [0.29, 0.717) is 11.8 Å². The Balaban J connectivity index is 0.913. The molecule has 5 heteroatoms. The molecule has 5 aliphatic carbocycles. The van der Waals surface area contributed by atoms with Crippen molar-refractivity contribution in [3.8, 4) is 0 Å². The van der Waals surface area contributed by atoms with E-state index >= 15 is 0 Å². The summed E-state index contributed by atoms with van der Waals surface area (Å²) in [5, 5.41) is 0. The van der Waals surface area contributed by atoms with E-state index < -0.39 is 0 Å². The van der Waals surface area contributed by atoms with Gasteiger partial charge in [0.15, 0.2) is 0 Å². The van der Waals surface area contributed by atoms with Crippen molar-refractivity contribution in [2.24, 2.45) is 34.5 Å². The highest BCUT2D eigenvalue weighted by atomic mass is 16.2. The Morgan fingerprint density at radius 2 is 1.34 bits per heavy atom. The van der Waals surface area contributed by atoms with Gasteiger partial charge in [-0.25, -0.2) is 0 Å². The molecule has 0 aromatic heterocycles. The first-order valence-corrected chi connectivity index (χ1v) is 14.4. The van der Waals surface area contributed by atoms with E-state index in [2.05, 4.69) is 45.0 Å². The van der Waals surface area contributed by atoms with Gasteiger partial charge in [-0.2, -0.15) is 0 Å². The van der Waals surface area contributed by atoms with E-state index in [0.717, 1.165) is 102 Å². The van der Waals surface area contributed by atoms with Crippen molar-refractivity contribution >= 4 is 11.8 Å². The van der Waals surface area contributed by atoms with Crippen LogP contribution in [-0.2, 0) is 16.1 Å². The summed E-state index contributed by atoms with van der Waals surface area (Å²) < 4.78 is 0. The minimum Gasteiger partial charge on any atom is -0.342 e. The number of hydrogen-bond acceptors (Lipinski definition) is 3. The van der Waals surface area contributed by atoms with Gasteiger partial charge < -0.3 is 9.80 Å². The van der Waals surface area contributed by atoms with Crippen LogP contribution in [0.15, 0.2) is 30.3 Å². The normalized spacial score (nSPS) is 37.6.